The molecule has 2 aliphatic heterocycles. The minimum absolute atomic E-state index is 0.0346. The molecule has 2 heterocycles. The topological polar surface area (TPSA) is 111 Å². The standard InChI is InChI=1S/C31H40N2O6/c34-26(16-38-30(36)24-3-1-13-32-24)19-7-5-18(6-8-19)22-11-12-23(29-21-10-9-20(15-21)28(22)29)27(35)17-39-31(37)25-4-2-14-33-25/h11-12,18-21,24-25,32-33H,1-10,13-17H2. The molecule has 1 aromatic rings. The van der Waals surface area contributed by atoms with Crippen LogP contribution in [0.5, 0.6) is 0 Å². The Morgan fingerprint density at radius 2 is 1.28 bits per heavy atom. The molecule has 4 fully saturated rings. The highest BCUT2D eigenvalue weighted by Gasteiger charge is 2.42. The number of carbonyl (C=O) groups excluding carboxylic acids is 4. The lowest BCUT2D eigenvalue weighted by Crippen LogP contribution is -2.34. The van der Waals surface area contributed by atoms with Crippen LogP contribution in [0.25, 0.3) is 0 Å². The van der Waals surface area contributed by atoms with E-state index in [0.717, 1.165) is 82.9 Å². The Bertz CT molecular complexity index is 1130. The Hall–Kier alpha value is -2.58. The average molecular weight is 537 g/mol. The molecule has 2 bridgehead atoms. The van der Waals surface area contributed by atoms with Crippen LogP contribution in [0.1, 0.15) is 115 Å². The number of hydrogen-bond acceptors (Lipinski definition) is 8. The van der Waals surface area contributed by atoms with Gasteiger partial charge in [-0.2, -0.15) is 0 Å². The summed E-state index contributed by atoms with van der Waals surface area (Å²) in [6, 6.07) is 3.54. The lowest BCUT2D eigenvalue weighted by Gasteiger charge is -2.31. The SMILES string of the molecule is O=C(COC(=O)C1CCCN1)c1ccc(C2CCC(C(=O)COC(=O)C3CCCN3)CC2)c2c1C1CCC2C1. The lowest BCUT2D eigenvalue weighted by molar-refractivity contribution is -0.151. The number of ketones is 2. The smallest absolute Gasteiger partial charge is 0.323 e. The second-order valence-electron chi connectivity index (χ2n) is 12.2. The number of hydrogen-bond donors (Lipinski definition) is 2. The van der Waals surface area contributed by atoms with E-state index < -0.39 is 0 Å². The van der Waals surface area contributed by atoms with Gasteiger partial charge in [-0.25, -0.2) is 0 Å². The first-order chi connectivity index (χ1) is 19.0. The van der Waals surface area contributed by atoms with Crippen LogP contribution < -0.4 is 10.6 Å². The first-order valence-electron chi connectivity index (χ1n) is 15.0. The predicted octanol–water partition coefficient (Wildman–Crippen LogP) is 3.67. The van der Waals surface area contributed by atoms with Gasteiger partial charge in [-0.05, 0) is 118 Å². The highest BCUT2D eigenvalue weighted by Crippen LogP contribution is 2.57. The molecule has 2 saturated heterocycles. The summed E-state index contributed by atoms with van der Waals surface area (Å²) in [5, 5.41) is 6.25. The third kappa shape index (κ3) is 5.42. The summed E-state index contributed by atoms with van der Waals surface area (Å²) in [6.07, 6.45) is 10.3. The number of rotatable bonds is 9. The number of fused-ring (bicyclic) bond motifs is 5. The van der Waals surface area contributed by atoms with Crippen LogP contribution in [-0.2, 0) is 23.9 Å². The molecule has 5 aliphatic rings. The summed E-state index contributed by atoms with van der Waals surface area (Å²) in [5.41, 5.74) is 4.66. The Kier molecular flexibility index (Phi) is 7.85. The molecule has 2 N–H and O–H groups in total. The molecule has 8 heteroatoms. The fourth-order valence-corrected chi connectivity index (χ4v) is 7.83. The minimum atomic E-state index is -0.327. The van der Waals surface area contributed by atoms with E-state index in [1.165, 1.54) is 23.1 Å². The van der Waals surface area contributed by atoms with Crippen LogP contribution in [0.3, 0.4) is 0 Å². The summed E-state index contributed by atoms with van der Waals surface area (Å²) in [7, 11) is 0. The van der Waals surface area contributed by atoms with Gasteiger partial charge >= 0.3 is 11.9 Å². The van der Waals surface area contributed by atoms with Gasteiger partial charge < -0.3 is 20.1 Å². The van der Waals surface area contributed by atoms with Gasteiger partial charge in [-0.1, -0.05) is 12.1 Å². The molecule has 4 atom stereocenters. The second-order valence-corrected chi connectivity index (χ2v) is 12.2. The van der Waals surface area contributed by atoms with Gasteiger partial charge in [0, 0.05) is 11.5 Å². The highest BCUT2D eigenvalue weighted by molar-refractivity contribution is 6.00. The Morgan fingerprint density at radius 3 is 1.90 bits per heavy atom. The molecule has 210 valence electrons. The quantitative estimate of drug-likeness (QED) is 0.363. The van der Waals surface area contributed by atoms with Gasteiger partial charge in [-0.3, -0.25) is 19.2 Å². The molecule has 39 heavy (non-hydrogen) atoms. The lowest BCUT2D eigenvalue weighted by atomic mass is 9.73. The summed E-state index contributed by atoms with van der Waals surface area (Å²) in [6.45, 7) is 1.32. The first-order valence-corrected chi connectivity index (χ1v) is 15.0. The Labute approximate surface area is 229 Å². The minimum Gasteiger partial charge on any atom is -0.457 e. The molecule has 1 aromatic carbocycles. The van der Waals surface area contributed by atoms with E-state index in [-0.39, 0.29) is 54.7 Å². The molecule has 3 aliphatic carbocycles. The number of carbonyl (C=O) groups is 4. The molecule has 2 saturated carbocycles. The molecule has 0 radical (unpaired) electrons. The van der Waals surface area contributed by atoms with Crippen molar-refractivity contribution in [2.45, 2.75) is 100 Å². The summed E-state index contributed by atoms with van der Waals surface area (Å²) < 4.78 is 10.7. The maximum atomic E-state index is 13.2. The number of benzene rings is 1. The zero-order valence-electron chi connectivity index (χ0n) is 22.7. The van der Waals surface area contributed by atoms with Crippen molar-refractivity contribution in [1.29, 1.82) is 0 Å². The summed E-state index contributed by atoms with van der Waals surface area (Å²) >= 11 is 0. The van der Waals surface area contributed by atoms with Crippen LogP contribution in [0.4, 0.5) is 0 Å². The molecule has 8 nitrogen and oxygen atoms in total. The Balaban J connectivity index is 1.08. The zero-order valence-corrected chi connectivity index (χ0v) is 22.7. The van der Waals surface area contributed by atoms with E-state index in [9.17, 15) is 19.2 Å². The third-order valence-electron chi connectivity index (χ3n) is 9.88. The van der Waals surface area contributed by atoms with E-state index in [2.05, 4.69) is 16.7 Å². The van der Waals surface area contributed by atoms with Gasteiger partial charge in [0.2, 0.25) is 5.78 Å². The molecule has 6 rings (SSSR count). The van der Waals surface area contributed by atoms with Crippen molar-refractivity contribution >= 4 is 23.5 Å². The maximum Gasteiger partial charge on any atom is 0.323 e. The van der Waals surface area contributed by atoms with E-state index >= 15 is 0 Å². The van der Waals surface area contributed by atoms with Crippen molar-refractivity contribution in [1.82, 2.24) is 10.6 Å². The van der Waals surface area contributed by atoms with Crippen LogP contribution in [0, 0.1) is 5.92 Å². The van der Waals surface area contributed by atoms with E-state index in [1.807, 2.05) is 6.07 Å². The van der Waals surface area contributed by atoms with Crippen LogP contribution in [-0.4, -0.2) is 61.9 Å². The monoisotopic (exact) mass is 536 g/mol. The fraction of sp³-hybridized carbons (Fsp3) is 0.677. The third-order valence-corrected chi connectivity index (χ3v) is 9.88. The van der Waals surface area contributed by atoms with Crippen LogP contribution >= 0.6 is 0 Å². The summed E-state index contributed by atoms with van der Waals surface area (Å²) in [4.78, 5) is 50.5. The van der Waals surface area contributed by atoms with Crippen molar-refractivity contribution < 1.29 is 28.7 Å². The second kappa shape index (κ2) is 11.5. The number of ether oxygens (including phenoxy) is 2. The van der Waals surface area contributed by atoms with Crippen LogP contribution in [0.15, 0.2) is 12.1 Å². The largest absolute Gasteiger partial charge is 0.457 e. The molecule has 0 aromatic heterocycles. The van der Waals surface area contributed by atoms with Gasteiger partial charge in [0.1, 0.15) is 18.7 Å². The van der Waals surface area contributed by atoms with Crippen molar-refractivity contribution in [3.8, 4) is 0 Å². The normalized spacial score (nSPS) is 31.2. The maximum absolute atomic E-state index is 13.2. The van der Waals surface area contributed by atoms with E-state index in [0.29, 0.717) is 17.8 Å². The highest BCUT2D eigenvalue weighted by atomic mass is 16.5. The van der Waals surface area contributed by atoms with Gasteiger partial charge in [0.25, 0.3) is 0 Å². The molecular weight excluding hydrogens is 496 g/mol. The van der Waals surface area contributed by atoms with Crippen molar-refractivity contribution in [2.75, 3.05) is 26.3 Å². The Morgan fingerprint density at radius 1 is 0.692 bits per heavy atom. The van der Waals surface area contributed by atoms with Gasteiger partial charge in [0.05, 0.1) is 0 Å². The van der Waals surface area contributed by atoms with Crippen molar-refractivity contribution in [2.24, 2.45) is 5.92 Å². The zero-order chi connectivity index (χ0) is 26.9. The number of esters is 2. The predicted molar refractivity (Wildman–Crippen MR) is 144 cm³/mol. The van der Waals surface area contributed by atoms with Gasteiger partial charge in [-0.15, -0.1) is 0 Å². The average Bonchev–Trinajstić information content (AvgIpc) is 3.79. The first kappa shape index (κ1) is 26.6. The van der Waals surface area contributed by atoms with E-state index in [1.54, 1.807) is 0 Å². The molecular formula is C31H40N2O6. The van der Waals surface area contributed by atoms with Gasteiger partial charge in [0.15, 0.2) is 12.4 Å². The fourth-order valence-electron chi connectivity index (χ4n) is 7.83. The summed E-state index contributed by atoms with van der Waals surface area (Å²) in [5.74, 6) is 0.536. The molecule has 0 amide bonds. The number of nitrogens with one attached hydrogen (secondary N) is 2. The van der Waals surface area contributed by atoms with Crippen LogP contribution in [0.2, 0.25) is 0 Å². The van der Waals surface area contributed by atoms with E-state index in [4.69, 9.17) is 9.47 Å². The van der Waals surface area contributed by atoms with Crippen molar-refractivity contribution in [3.05, 3.63) is 34.4 Å². The number of Topliss-reactive ketones (excluding diaryl/α,β-unsaturated/α-hetero) is 2. The molecule has 4 unspecified atom stereocenters. The van der Waals surface area contributed by atoms with Crippen molar-refractivity contribution in [3.63, 3.8) is 0 Å². The molecule has 0 spiro atoms.